The normalized spacial score (nSPS) is 10.2. The fourth-order valence-corrected chi connectivity index (χ4v) is 2.76. The molecule has 3 aromatic rings. The predicted molar refractivity (Wildman–Crippen MR) is 117 cm³/mol. The minimum absolute atomic E-state index is 0.322. The summed E-state index contributed by atoms with van der Waals surface area (Å²) in [4.78, 5) is 24.9. The highest BCUT2D eigenvalue weighted by Crippen LogP contribution is 2.26. The lowest BCUT2D eigenvalue weighted by atomic mass is 10.1. The van der Waals surface area contributed by atoms with E-state index in [9.17, 15) is 9.59 Å². The number of carbonyl (C=O) groups is 2. The number of amides is 2. The topological polar surface area (TPSA) is 129 Å². The maximum Gasteiger partial charge on any atom is 0.255 e. The number of ether oxygens (including phenoxy) is 2. The molecule has 2 amide bonds. The number of nitrogen functional groups attached to an aromatic ring is 2. The molecule has 8 nitrogen and oxygen atoms in total. The molecule has 0 aliphatic rings. The summed E-state index contributed by atoms with van der Waals surface area (Å²) in [5.41, 5.74) is 14.4. The first-order valence-corrected chi connectivity index (χ1v) is 9.01. The molecule has 0 saturated heterocycles. The third-order valence-electron chi connectivity index (χ3n) is 4.39. The van der Waals surface area contributed by atoms with E-state index in [-0.39, 0.29) is 11.8 Å². The Bertz CT molecular complexity index is 994. The van der Waals surface area contributed by atoms with Crippen LogP contribution in [0.1, 0.15) is 20.7 Å². The molecule has 0 atom stereocenters. The van der Waals surface area contributed by atoms with Crippen LogP contribution in [-0.4, -0.2) is 26.0 Å². The second-order valence-corrected chi connectivity index (χ2v) is 6.40. The van der Waals surface area contributed by atoms with Crippen molar-refractivity contribution in [3.8, 4) is 11.5 Å². The van der Waals surface area contributed by atoms with Crippen molar-refractivity contribution in [2.75, 3.05) is 36.3 Å². The first kappa shape index (κ1) is 20.5. The summed E-state index contributed by atoms with van der Waals surface area (Å²) in [7, 11) is 3.00. The molecule has 6 N–H and O–H groups in total. The molecule has 0 radical (unpaired) electrons. The zero-order valence-corrected chi connectivity index (χ0v) is 16.6. The molecule has 0 unspecified atom stereocenters. The molecule has 30 heavy (non-hydrogen) atoms. The lowest BCUT2D eigenvalue weighted by Crippen LogP contribution is -2.14. The van der Waals surface area contributed by atoms with Gasteiger partial charge in [-0.2, -0.15) is 0 Å². The molecule has 154 valence electrons. The summed E-state index contributed by atoms with van der Waals surface area (Å²) in [5, 5.41) is 5.53. The molecule has 0 aliphatic carbocycles. The van der Waals surface area contributed by atoms with Crippen molar-refractivity contribution in [3.63, 3.8) is 0 Å². The maximum absolute atomic E-state index is 12.5. The molecule has 3 rings (SSSR count). The summed E-state index contributed by atoms with van der Waals surface area (Å²) in [5.74, 6) is 0.298. The van der Waals surface area contributed by atoms with Gasteiger partial charge in [0, 0.05) is 34.6 Å². The zero-order valence-electron chi connectivity index (χ0n) is 16.6. The van der Waals surface area contributed by atoms with Gasteiger partial charge in [0.05, 0.1) is 25.6 Å². The van der Waals surface area contributed by atoms with E-state index in [0.29, 0.717) is 45.4 Å². The summed E-state index contributed by atoms with van der Waals surface area (Å²) in [6.07, 6.45) is 0. The van der Waals surface area contributed by atoms with Gasteiger partial charge in [-0.1, -0.05) is 0 Å². The van der Waals surface area contributed by atoms with Gasteiger partial charge in [-0.15, -0.1) is 0 Å². The van der Waals surface area contributed by atoms with E-state index >= 15 is 0 Å². The number of carbonyl (C=O) groups excluding carboxylic acids is 2. The summed E-state index contributed by atoms with van der Waals surface area (Å²) < 4.78 is 10.3. The molecule has 8 heteroatoms. The lowest BCUT2D eigenvalue weighted by Gasteiger charge is -2.10. The van der Waals surface area contributed by atoms with E-state index in [2.05, 4.69) is 10.6 Å². The van der Waals surface area contributed by atoms with Crippen LogP contribution < -0.4 is 31.6 Å². The van der Waals surface area contributed by atoms with Gasteiger partial charge >= 0.3 is 0 Å². The monoisotopic (exact) mass is 406 g/mol. The maximum atomic E-state index is 12.5. The van der Waals surface area contributed by atoms with Crippen molar-refractivity contribution in [1.82, 2.24) is 0 Å². The molecular weight excluding hydrogens is 384 g/mol. The van der Waals surface area contributed by atoms with Gasteiger partial charge in [-0.05, 0) is 48.5 Å². The molecule has 0 aliphatic heterocycles. The van der Waals surface area contributed by atoms with Crippen LogP contribution in [0.15, 0.2) is 60.7 Å². The Balaban J connectivity index is 1.68. The fourth-order valence-electron chi connectivity index (χ4n) is 2.76. The highest BCUT2D eigenvalue weighted by molar-refractivity contribution is 6.07. The highest BCUT2D eigenvalue weighted by atomic mass is 16.5. The van der Waals surface area contributed by atoms with Crippen molar-refractivity contribution in [2.24, 2.45) is 0 Å². The number of nitrogens with one attached hydrogen (secondary N) is 2. The van der Waals surface area contributed by atoms with E-state index in [1.165, 1.54) is 14.2 Å². The predicted octanol–water partition coefficient (Wildman–Crippen LogP) is 3.37. The number of anilines is 4. The highest BCUT2D eigenvalue weighted by Gasteiger charge is 2.11. The van der Waals surface area contributed by atoms with Crippen molar-refractivity contribution in [1.29, 1.82) is 0 Å². The average Bonchev–Trinajstić information content (AvgIpc) is 2.76. The second-order valence-electron chi connectivity index (χ2n) is 6.40. The minimum atomic E-state index is -0.322. The van der Waals surface area contributed by atoms with Crippen LogP contribution in [0.25, 0.3) is 0 Å². The van der Waals surface area contributed by atoms with Gasteiger partial charge < -0.3 is 31.6 Å². The first-order valence-electron chi connectivity index (χ1n) is 9.01. The molecule has 0 bridgehead atoms. The number of nitrogens with two attached hydrogens (primary N) is 2. The van der Waals surface area contributed by atoms with E-state index in [1.807, 2.05) is 0 Å². The molecule has 3 aromatic carbocycles. The number of hydrogen-bond donors (Lipinski definition) is 4. The van der Waals surface area contributed by atoms with E-state index in [1.54, 1.807) is 60.7 Å². The molecule has 0 saturated carbocycles. The Kier molecular flexibility index (Phi) is 6.07. The Morgan fingerprint density at radius 2 is 1.03 bits per heavy atom. The van der Waals surface area contributed by atoms with Crippen LogP contribution >= 0.6 is 0 Å². The van der Waals surface area contributed by atoms with Gasteiger partial charge in [0.15, 0.2) is 0 Å². The van der Waals surface area contributed by atoms with E-state index in [0.717, 1.165) is 0 Å². The molecule has 0 spiro atoms. The van der Waals surface area contributed by atoms with Crippen molar-refractivity contribution >= 4 is 34.6 Å². The van der Waals surface area contributed by atoms with Crippen LogP contribution in [0.4, 0.5) is 22.7 Å². The van der Waals surface area contributed by atoms with Crippen LogP contribution in [0.2, 0.25) is 0 Å². The summed E-state index contributed by atoms with van der Waals surface area (Å²) in [6, 6.07) is 16.2. The average molecular weight is 406 g/mol. The Labute approximate surface area is 173 Å². The van der Waals surface area contributed by atoms with Crippen molar-refractivity contribution < 1.29 is 19.1 Å². The van der Waals surface area contributed by atoms with E-state index in [4.69, 9.17) is 20.9 Å². The number of rotatable bonds is 6. The number of benzene rings is 3. The van der Waals surface area contributed by atoms with Crippen molar-refractivity contribution in [2.45, 2.75) is 0 Å². The third kappa shape index (κ3) is 4.61. The first-order chi connectivity index (χ1) is 14.4. The van der Waals surface area contributed by atoms with Crippen LogP contribution in [0.3, 0.4) is 0 Å². The van der Waals surface area contributed by atoms with Gasteiger partial charge in [0.2, 0.25) is 0 Å². The molecule has 0 heterocycles. The second kappa shape index (κ2) is 8.87. The largest absolute Gasteiger partial charge is 0.495 e. The Hall–Kier alpha value is -4.20. The minimum Gasteiger partial charge on any atom is -0.495 e. The fraction of sp³-hybridized carbons (Fsp3) is 0.0909. The van der Waals surface area contributed by atoms with Crippen LogP contribution in [0, 0.1) is 0 Å². The Morgan fingerprint density at radius 3 is 1.37 bits per heavy atom. The van der Waals surface area contributed by atoms with Gasteiger partial charge in [0.25, 0.3) is 11.8 Å². The standard InChI is InChI=1S/C22H22N4O4/c1-29-19-11-15(7-9-17(19)23)25-21(27)13-3-5-14(6-4-13)22(28)26-16-8-10-18(24)20(12-16)30-2/h3-12H,23-24H2,1-2H3,(H,25,27)(H,26,28). The smallest absolute Gasteiger partial charge is 0.255 e. The van der Waals surface area contributed by atoms with Gasteiger partial charge in [-0.25, -0.2) is 0 Å². The van der Waals surface area contributed by atoms with Gasteiger partial charge in [-0.3, -0.25) is 9.59 Å². The summed E-state index contributed by atoms with van der Waals surface area (Å²) in [6.45, 7) is 0. The Morgan fingerprint density at radius 1 is 0.667 bits per heavy atom. The van der Waals surface area contributed by atoms with Crippen LogP contribution in [-0.2, 0) is 0 Å². The molecule has 0 aromatic heterocycles. The number of methoxy groups -OCH3 is 2. The number of hydrogen-bond acceptors (Lipinski definition) is 6. The molecule has 0 fully saturated rings. The molecular formula is C22H22N4O4. The lowest BCUT2D eigenvalue weighted by molar-refractivity contribution is 0.101. The SMILES string of the molecule is COc1cc(NC(=O)c2ccc(C(=O)Nc3ccc(N)c(OC)c3)cc2)ccc1N. The van der Waals surface area contributed by atoms with Crippen LogP contribution in [0.5, 0.6) is 11.5 Å². The zero-order chi connectivity index (χ0) is 21.7. The quantitative estimate of drug-likeness (QED) is 0.465. The van der Waals surface area contributed by atoms with E-state index < -0.39 is 0 Å². The van der Waals surface area contributed by atoms with Crippen molar-refractivity contribution in [3.05, 3.63) is 71.8 Å². The summed E-state index contributed by atoms with van der Waals surface area (Å²) >= 11 is 0. The third-order valence-corrected chi connectivity index (χ3v) is 4.39. The van der Waals surface area contributed by atoms with Gasteiger partial charge in [0.1, 0.15) is 11.5 Å².